The third kappa shape index (κ3) is 5.95. The number of guanidine groups is 1. The monoisotopic (exact) mass is 383 g/mol. The molecule has 0 bridgehead atoms. The minimum Gasteiger partial charge on any atom is -0.493 e. The SMILES string of the molecule is CCNC(=NCc1cc(Cl)c(OCC)c(OC)c1)NC1CCC(O)CC1. The molecule has 0 unspecified atom stereocenters. The van der Waals surface area contributed by atoms with E-state index in [0.29, 0.717) is 35.7 Å². The van der Waals surface area contributed by atoms with Crippen LogP contribution in [0.5, 0.6) is 11.5 Å². The van der Waals surface area contributed by atoms with Crippen LogP contribution in [-0.2, 0) is 6.54 Å². The van der Waals surface area contributed by atoms with Gasteiger partial charge < -0.3 is 25.2 Å². The largest absolute Gasteiger partial charge is 0.493 e. The normalized spacial score (nSPS) is 20.6. The van der Waals surface area contributed by atoms with Gasteiger partial charge >= 0.3 is 0 Å². The van der Waals surface area contributed by atoms with Crippen molar-refractivity contribution in [1.29, 1.82) is 0 Å². The molecule has 146 valence electrons. The molecule has 0 heterocycles. The van der Waals surface area contributed by atoms with Crippen molar-refractivity contribution in [2.24, 2.45) is 4.99 Å². The molecule has 1 saturated carbocycles. The predicted octanol–water partition coefficient (Wildman–Crippen LogP) is 3.11. The Labute approximate surface area is 160 Å². The van der Waals surface area contributed by atoms with E-state index in [-0.39, 0.29) is 6.10 Å². The third-order valence-corrected chi connectivity index (χ3v) is 4.66. The summed E-state index contributed by atoms with van der Waals surface area (Å²) < 4.78 is 10.9. The molecule has 0 aliphatic heterocycles. The van der Waals surface area contributed by atoms with Crippen molar-refractivity contribution in [3.05, 3.63) is 22.7 Å². The van der Waals surface area contributed by atoms with E-state index in [4.69, 9.17) is 21.1 Å². The van der Waals surface area contributed by atoms with Gasteiger partial charge in [-0.05, 0) is 57.2 Å². The highest BCUT2D eigenvalue weighted by atomic mass is 35.5. The van der Waals surface area contributed by atoms with Gasteiger partial charge in [-0.15, -0.1) is 0 Å². The maximum Gasteiger partial charge on any atom is 0.191 e. The molecule has 0 aromatic heterocycles. The Kier molecular flexibility index (Phi) is 8.32. The Hall–Kier alpha value is -1.66. The lowest BCUT2D eigenvalue weighted by Crippen LogP contribution is -2.45. The Morgan fingerprint density at radius 1 is 1.27 bits per heavy atom. The van der Waals surface area contributed by atoms with Crippen molar-refractivity contribution in [2.75, 3.05) is 20.3 Å². The van der Waals surface area contributed by atoms with Gasteiger partial charge in [-0.3, -0.25) is 0 Å². The van der Waals surface area contributed by atoms with Gasteiger partial charge in [0.1, 0.15) is 0 Å². The average molecular weight is 384 g/mol. The van der Waals surface area contributed by atoms with Gasteiger partial charge in [-0.2, -0.15) is 0 Å². The van der Waals surface area contributed by atoms with Gasteiger partial charge in [0, 0.05) is 12.6 Å². The summed E-state index contributed by atoms with van der Waals surface area (Å²) in [4.78, 5) is 4.67. The first kappa shape index (κ1) is 20.6. The van der Waals surface area contributed by atoms with Crippen molar-refractivity contribution in [3.8, 4) is 11.5 Å². The molecule has 1 fully saturated rings. The number of nitrogens with zero attached hydrogens (tertiary/aromatic N) is 1. The van der Waals surface area contributed by atoms with Crippen LogP contribution >= 0.6 is 11.6 Å². The van der Waals surface area contributed by atoms with E-state index in [1.807, 2.05) is 26.0 Å². The average Bonchev–Trinajstić information content (AvgIpc) is 2.63. The standard InChI is InChI=1S/C19H30ClN3O3/c1-4-21-19(23-14-6-8-15(24)9-7-14)22-12-13-10-16(20)18(26-5-2)17(11-13)25-3/h10-11,14-15,24H,4-9,12H2,1-3H3,(H2,21,22,23). The smallest absolute Gasteiger partial charge is 0.191 e. The Morgan fingerprint density at radius 2 is 2.00 bits per heavy atom. The fourth-order valence-corrected chi connectivity index (χ4v) is 3.34. The first-order chi connectivity index (χ1) is 12.6. The zero-order valence-electron chi connectivity index (χ0n) is 15.8. The fraction of sp³-hybridized carbons (Fsp3) is 0.632. The van der Waals surface area contributed by atoms with E-state index >= 15 is 0 Å². The van der Waals surface area contributed by atoms with E-state index in [2.05, 4.69) is 15.6 Å². The number of aliphatic imine (C=N–C) groups is 1. The summed E-state index contributed by atoms with van der Waals surface area (Å²) in [6, 6.07) is 4.11. The molecule has 1 aromatic rings. The van der Waals surface area contributed by atoms with E-state index < -0.39 is 0 Å². The van der Waals surface area contributed by atoms with Crippen LogP contribution in [0.25, 0.3) is 0 Å². The molecule has 2 rings (SSSR count). The van der Waals surface area contributed by atoms with E-state index in [0.717, 1.165) is 43.8 Å². The summed E-state index contributed by atoms with van der Waals surface area (Å²) in [5.74, 6) is 1.96. The number of aliphatic hydroxyl groups is 1. The van der Waals surface area contributed by atoms with Crippen molar-refractivity contribution in [2.45, 2.75) is 58.2 Å². The molecule has 1 aliphatic rings. The molecule has 3 N–H and O–H groups in total. The molecular formula is C19H30ClN3O3. The zero-order valence-corrected chi connectivity index (χ0v) is 16.6. The molecule has 1 aliphatic carbocycles. The number of nitrogens with one attached hydrogen (secondary N) is 2. The Bertz CT molecular complexity index is 602. The van der Waals surface area contributed by atoms with Gasteiger partial charge in [-0.25, -0.2) is 4.99 Å². The Balaban J connectivity index is 2.07. The second-order valence-electron chi connectivity index (χ2n) is 6.39. The third-order valence-electron chi connectivity index (χ3n) is 4.38. The summed E-state index contributed by atoms with van der Waals surface area (Å²) in [5, 5.41) is 16.9. The van der Waals surface area contributed by atoms with E-state index in [1.165, 1.54) is 0 Å². The van der Waals surface area contributed by atoms with Crippen LogP contribution in [0.2, 0.25) is 5.02 Å². The second-order valence-corrected chi connectivity index (χ2v) is 6.79. The van der Waals surface area contributed by atoms with Crippen molar-refractivity contribution in [3.63, 3.8) is 0 Å². The lowest BCUT2D eigenvalue weighted by molar-refractivity contribution is 0.120. The topological polar surface area (TPSA) is 75.1 Å². The van der Waals surface area contributed by atoms with Crippen molar-refractivity contribution < 1.29 is 14.6 Å². The lowest BCUT2D eigenvalue weighted by Gasteiger charge is -2.27. The first-order valence-electron chi connectivity index (χ1n) is 9.29. The minimum atomic E-state index is -0.161. The number of rotatable bonds is 7. The van der Waals surface area contributed by atoms with Gasteiger partial charge in [-0.1, -0.05) is 11.6 Å². The number of hydrogen-bond donors (Lipinski definition) is 3. The quantitative estimate of drug-likeness (QED) is 0.498. The molecule has 26 heavy (non-hydrogen) atoms. The van der Waals surface area contributed by atoms with Crippen LogP contribution < -0.4 is 20.1 Å². The fourth-order valence-electron chi connectivity index (χ4n) is 3.05. The molecule has 0 amide bonds. The lowest BCUT2D eigenvalue weighted by atomic mass is 9.93. The van der Waals surface area contributed by atoms with Crippen LogP contribution in [0.15, 0.2) is 17.1 Å². The van der Waals surface area contributed by atoms with E-state index in [1.54, 1.807) is 7.11 Å². The maximum absolute atomic E-state index is 9.64. The van der Waals surface area contributed by atoms with Crippen LogP contribution in [0.4, 0.5) is 0 Å². The summed E-state index contributed by atoms with van der Waals surface area (Å²) in [6.45, 7) is 5.74. The molecule has 6 nitrogen and oxygen atoms in total. The molecular weight excluding hydrogens is 354 g/mol. The van der Waals surface area contributed by atoms with Crippen molar-refractivity contribution in [1.82, 2.24) is 10.6 Å². The number of aliphatic hydroxyl groups excluding tert-OH is 1. The first-order valence-corrected chi connectivity index (χ1v) is 9.67. The minimum absolute atomic E-state index is 0.161. The van der Waals surface area contributed by atoms with Crippen LogP contribution in [0, 0.1) is 0 Å². The highest BCUT2D eigenvalue weighted by Gasteiger charge is 2.20. The number of hydrogen-bond acceptors (Lipinski definition) is 4. The zero-order chi connectivity index (χ0) is 18.9. The number of halogens is 1. The highest BCUT2D eigenvalue weighted by molar-refractivity contribution is 6.32. The molecule has 1 aromatic carbocycles. The second kappa shape index (κ2) is 10.5. The molecule has 0 radical (unpaired) electrons. The summed E-state index contributed by atoms with van der Waals surface area (Å²) in [7, 11) is 1.60. The number of ether oxygens (including phenoxy) is 2. The maximum atomic E-state index is 9.64. The Morgan fingerprint density at radius 3 is 2.62 bits per heavy atom. The molecule has 7 heteroatoms. The van der Waals surface area contributed by atoms with Crippen LogP contribution in [0.3, 0.4) is 0 Å². The predicted molar refractivity (Wildman–Crippen MR) is 105 cm³/mol. The number of benzene rings is 1. The highest BCUT2D eigenvalue weighted by Crippen LogP contribution is 2.36. The van der Waals surface area contributed by atoms with Gasteiger partial charge in [0.2, 0.25) is 0 Å². The van der Waals surface area contributed by atoms with Crippen molar-refractivity contribution >= 4 is 17.6 Å². The van der Waals surface area contributed by atoms with Gasteiger partial charge in [0.25, 0.3) is 0 Å². The van der Waals surface area contributed by atoms with Gasteiger partial charge in [0.05, 0.1) is 31.4 Å². The summed E-state index contributed by atoms with van der Waals surface area (Å²) >= 11 is 6.33. The van der Waals surface area contributed by atoms with E-state index in [9.17, 15) is 5.11 Å². The number of methoxy groups -OCH3 is 1. The summed E-state index contributed by atoms with van der Waals surface area (Å²) in [6.07, 6.45) is 3.42. The van der Waals surface area contributed by atoms with Crippen LogP contribution in [-0.4, -0.2) is 43.5 Å². The van der Waals surface area contributed by atoms with Gasteiger partial charge in [0.15, 0.2) is 17.5 Å². The molecule has 0 spiro atoms. The van der Waals surface area contributed by atoms with Crippen LogP contribution in [0.1, 0.15) is 45.1 Å². The molecule has 0 saturated heterocycles. The summed E-state index contributed by atoms with van der Waals surface area (Å²) in [5.41, 5.74) is 0.951. The molecule has 0 atom stereocenters.